The van der Waals surface area contributed by atoms with E-state index in [2.05, 4.69) is 0 Å². The zero-order valence-corrected chi connectivity index (χ0v) is 12.6. The van der Waals surface area contributed by atoms with Gasteiger partial charge >= 0.3 is 6.09 Å². The third-order valence-electron chi connectivity index (χ3n) is 2.71. The van der Waals surface area contributed by atoms with Crippen LogP contribution in [0, 0.1) is 5.41 Å². The maximum atomic E-state index is 11.9. The number of hydrogen-bond acceptors (Lipinski definition) is 4. The molecule has 6 heteroatoms. The van der Waals surface area contributed by atoms with Crippen LogP contribution in [0.5, 0.6) is 0 Å². The summed E-state index contributed by atoms with van der Waals surface area (Å²) in [5, 5.41) is 11.5. The highest BCUT2D eigenvalue weighted by Gasteiger charge is 2.17. The van der Waals surface area contributed by atoms with Gasteiger partial charge in [-0.3, -0.25) is 5.43 Å². The Morgan fingerprint density at radius 2 is 1.86 bits per heavy atom. The topological polar surface area (TPSA) is 81.7 Å². The van der Waals surface area contributed by atoms with E-state index in [1.165, 1.54) is 0 Å². The van der Waals surface area contributed by atoms with Crippen molar-refractivity contribution in [1.82, 2.24) is 10.4 Å². The Labute approximate surface area is 124 Å². The summed E-state index contributed by atoms with van der Waals surface area (Å²) >= 11 is 0. The first kappa shape index (κ1) is 16.8. The molecule has 0 aromatic heterocycles. The Kier molecular flexibility index (Phi) is 6.02. The van der Waals surface area contributed by atoms with E-state index < -0.39 is 12.2 Å². The lowest BCUT2D eigenvalue weighted by atomic mass is 9.93. The number of carbonyl (C=O) groups is 2. The number of nitrogens with one attached hydrogen (secondary N) is 1. The number of carbonyl (C=O) groups excluding carboxylic acids is 2. The quantitative estimate of drug-likeness (QED) is 0.860. The van der Waals surface area contributed by atoms with E-state index in [1.54, 1.807) is 24.3 Å². The number of amides is 2. The molecule has 0 atom stereocenters. The van der Waals surface area contributed by atoms with Crippen LogP contribution in [0.3, 0.4) is 0 Å². The maximum Gasteiger partial charge on any atom is 0.428 e. The van der Waals surface area contributed by atoms with Crippen molar-refractivity contribution in [3.63, 3.8) is 0 Å². The van der Waals surface area contributed by atoms with Gasteiger partial charge < -0.3 is 14.6 Å². The molecule has 2 amide bonds. The van der Waals surface area contributed by atoms with Crippen LogP contribution >= 0.6 is 0 Å². The van der Waals surface area contributed by atoms with Crippen LogP contribution in [-0.2, 0) is 11.3 Å². The van der Waals surface area contributed by atoms with Gasteiger partial charge in [0.15, 0.2) is 6.09 Å². The predicted molar refractivity (Wildman–Crippen MR) is 75.9 cm³/mol. The van der Waals surface area contributed by atoms with Crippen molar-refractivity contribution in [2.24, 2.45) is 5.41 Å². The summed E-state index contributed by atoms with van der Waals surface area (Å²) in [6.07, 6.45) is -1.62. The molecule has 0 saturated heterocycles. The number of benzene rings is 1. The fourth-order valence-corrected chi connectivity index (χ4v) is 1.55. The van der Waals surface area contributed by atoms with Gasteiger partial charge in [-0.15, -0.1) is 0 Å². The van der Waals surface area contributed by atoms with Crippen molar-refractivity contribution in [1.29, 1.82) is 0 Å². The minimum atomic E-state index is -1.56. The number of nitrogens with zero attached hydrogens (tertiary/aromatic N) is 1. The summed E-state index contributed by atoms with van der Waals surface area (Å²) in [5.74, 6) is 0. The molecule has 1 aromatic carbocycles. The monoisotopic (exact) mass is 293 g/mol. The summed E-state index contributed by atoms with van der Waals surface area (Å²) in [6, 6.07) is 9.01. The predicted octanol–water partition coefficient (Wildman–Crippen LogP) is 1.91. The third kappa shape index (κ3) is 7.20. The molecule has 0 unspecified atom stereocenters. The molecule has 116 valence electrons. The van der Waals surface area contributed by atoms with Crippen LogP contribution in [0.1, 0.15) is 32.8 Å². The molecule has 0 aliphatic heterocycles. The van der Waals surface area contributed by atoms with E-state index in [0.29, 0.717) is 6.42 Å². The van der Waals surface area contributed by atoms with E-state index in [-0.39, 0.29) is 18.6 Å². The second-order valence-corrected chi connectivity index (χ2v) is 5.90. The van der Waals surface area contributed by atoms with Crippen molar-refractivity contribution in [3.05, 3.63) is 35.9 Å². The fourth-order valence-electron chi connectivity index (χ4n) is 1.55. The molecular formula is C15H21N2O4-. The van der Waals surface area contributed by atoms with Gasteiger partial charge in [-0.05, 0) is 17.4 Å². The summed E-state index contributed by atoms with van der Waals surface area (Å²) in [7, 11) is 0. The van der Waals surface area contributed by atoms with Crippen LogP contribution in [0.15, 0.2) is 30.3 Å². The molecular weight excluding hydrogens is 272 g/mol. The van der Waals surface area contributed by atoms with Crippen molar-refractivity contribution < 1.29 is 19.4 Å². The average molecular weight is 293 g/mol. The Morgan fingerprint density at radius 3 is 2.38 bits per heavy atom. The average Bonchev–Trinajstić information content (AvgIpc) is 2.37. The van der Waals surface area contributed by atoms with Crippen molar-refractivity contribution >= 4 is 12.2 Å². The molecule has 6 nitrogen and oxygen atoms in total. The summed E-state index contributed by atoms with van der Waals surface area (Å²) < 4.78 is 5.09. The lowest BCUT2D eigenvalue weighted by Gasteiger charge is -2.25. The van der Waals surface area contributed by atoms with Crippen molar-refractivity contribution in [3.8, 4) is 0 Å². The highest BCUT2D eigenvalue weighted by atomic mass is 16.6. The Hall–Kier alpha value is -2.24. The van der Waals surface area contributed by atoms with E-state index in [0.717, 1.165) is 10.6 Å². The van der Waals surface area contributed by atoms with Crippen LogP contribution in [0.25, 0.3) is 0 Å². The molecule has 0 spiro atoms. The number of rotatable bonds is 4. The molecule has 21 heavy (non-hydrogen) atoms. The Bertz CT molecular complexity index is 468. The smallest absolute Gasteiger partial charge is 0.428 e. The standard InChI is InChI=1S/C15H22N2O4/c1-15(2,3)9-10-21-14(20)17(16-13(18)19)11-12-7-5-4-6-8-12/h4-8,16H,9-11H2,1-3H3,(H,18,19)/p-1. The molecule has 1 N–H and O–H groups in total. The first-order valence-electron chi connectivity index (χ1n) is 6.74. The second kappa shape index (κ2) is 7.52. The molecule has 1 aromatic rings. The normalized spacial score (nSPS) is 10.8. The van der Waals surface area contributed by atoms with Crippen LogP contribution in [0.2, 0.25) is 0 Å². The molecule has 0 bridgehead atoms. The first-order chi connectivity index (χ1) is 9.78. The molecule has 0 aliphatic rings. The lowest BCUT2D eigenvalue weighted by molar-refractivity contribution is -0.256. The maximum absolute atomic E-state index is 11.9. The zero-order chi connectivity index (χ0) is 15.9. The van der Waals surface area contributed by atoms with Crippen molar-refractivity contribution in [2.45, 2.75) is 33.7 Å². The van der Waals surface area contributed by atoms with E-state index in [9.17, 15) is 14.7 Å². The lowest BCUT2D eigenvalue weighted by Crippen LogP contribution is -2.51. The van der Waals surface area contributed by atoms with Gasteiger partial charge in [0, 0.05) is 0 Å². The number of hydrogen-bond donors (Lipinski definition) is 1. The summed E-state index contributed by atoms with van der Waals surface area (Å²) in [6.45, 7) is 6.39. The Balaban J connectivity index is 2.60. The second-order valence-electron chi connectivity index (χ2n) is 5.90. The zero-order valence-electron chi connectivity index (χ0n) is 12.6. The number of hydrazine groups is 1. The van der Waals surface area contributed by atoms with E-state index in [4.69, 9.17) is 4.74 Å². The molecule has 0 fully saturated rings. The van der Waals surface area contributed by atoms with Gasteiger partial charge in [0.1, 0.15) is 0 Å². The Morgan fingerprint density at radius 1 is 1.24 bits per heavy atom. The molecule has 0 radical (unpaired) electrons. The van der Waals surface area contributed by atoms with Gasteiger partial charge in [0.2, 0.25) is 0 Å². The SMILES string of the molecule is CC(C)(C)CCOC(=O)N(Cc1ccccc1)NC(=O)[O-]. The first-order valence-corrected chi connectivity index (χ1v) is 6.74. The summed E-state index contributed by atoms with van der Waals surface area (Å²) in [5.41, 5.74) is 2.75. The van der Waals surface area contributed by atoms with Crippen LogP contribution < -0.4 is 10.5 Å². The number of ether oxygens (including phenoxy) is 1. The minimum absolute atomic E-state index is 0.0340. The molecule has 0 aliphatic carbocycles. The molecule has 0 saturated carbocycles. The third-order valence-corrected chi connectivity index (χ3v) is 2.71. The van der Waals surface area contributed by atoms with Gasteiger partial charge in [-0.25, -0.2) is 9.80 Å². The summed E-state index contributed by atoms with van der Waals surface area (Å²) in [4.78, 5) is 22.6. The number of carboxylic acid groups (broad SMARTS) is 1. The van der Waals surface area contributed by atoms with E-state index in [1.807, 2.05) is 32.3 Å². The minimum Gasteiger partial charge on any atom is -0.529 e. The van der Waals surface area contributed by atoms with Crippen LogP contribution in [0.4, 0.5) is 9.59 Å². The highest BCUT2D eigenvalue weighted by Crippen LogP contribution is 2.18. The van der Waals surface area contributed by atoms with Gasteiger partial charge in [0.05, 0.1) is 13.2 Å². The van der Waals surface area contributed by atoms with Gasteiger partial charge in [-0.2, -0.15) is 0 Å². The van der Waals surface area contributed by atoms with Gasteiger partial charge in [0.25, 0.3) is 0 Å². The van der Waals surface area contributed by atoms with Gasteiger partial charge in [-0.1, -0.05) is 51.1 Å². The molecule has 1 rings (SSSR count). The van der Waals surface area contributed by atoms with Crippen molar-refractivity contribution in [2.75, 3.05) is 6.61 Å². The van der Waals surface area contributed by atoms with E-state index >= 15 is 0 Å². The fraction of sp³-hybridized carbons (Fsp3) is 0.467. The highest BCUT2D eigenvalue weighted by molar-refractivity contribution is 5.71. The molecule has 0 heterocycles. The largest absolute Gasteiger partial charge is 0.529 e. The van der Waals surface area contributed by atoms with Crippen LogP contribution in [-0.4, -0.2) is 23.8 Å².